The van der Waals surface area contributed by atoms with Crippen molar-refractivity contribution in [3.63, 3.8) is 0 Å². The van der Waals surface area contributed by atoms with E-state index in [0.717, 1.165) is 66.8 Å². The molecule has 0 saturated carbocycles. The zero-order chi connectivity index (χ0) is 29.4. The molecule has 2 fully saturated rings. The highest BCUT2D eigenvalue weighted by Gasteiger charge is 2.27. The number of aromatic nitrogens is 4. The topological polar surface area (TPSA) is 94.8 Å². The van der Waals surface area contributed by atoms with Gasteiger partial charge < -0.3 is 24.0 Å². The van der Waals surface area contributed by atoms with Crippen LogP contribution in [-0.4, -0.2) is 71.1 Å². The third-order valence-electron chi connectivity index (χ3n) is 7.84. The first-order valence-electron chi connectivity index (χ1n) is 15.0. The molecule has 2 aromatic carbocycles. The van der Waals surface area contributed by atoms with Crippen molar-refractivity contribution in [1.29, 1.82) is 0 Å². The van der Waals surface area contributed by atoms with Crippen LogP contribution in [0.4, 0.5) is 11.8 Å². The van der Waals surface area contributed by atoms with Crippen molar-refractivity contribution >= 4 is 33.6 Å². The Morgan fingerprint density at radius 2 is 1.52 bits per heavy atom. The fourth-order valence-electron chi connectivity index (χ4n) is 5.81. The van der Waals surface area contributed by atoms with Gasteiger partial charge in [-0.1, -0.05) is 11.6 Å². The van der Waals surface area contributed by atoms with Gasteiger partial charge in [0.2, 0.25) is 5.95 Å². The Labute approximate surface area is 246 Å². The van der Waals surface area contributed by atoms with E-state index in [9.17, 15) is 4.79 Å². The Bertz CT molecular complexity index is 1640. The van der Waals surface area contributed by atoms with Crippen LogP contribution in [-0.2, 0) is 4.74 Å². The van der Waals surface area contributed by atoms with E-state index < -0.39 is 0 Å². The summed E-state index contributed by atoms with van der Waals surface area (Å²) in [4.78, 5) is 32.6. The maximum Gasteiger partial charge on any atom is 0.261 e. The van der Waals surface area contributed by atoms with Gasteiger partial charge in [-0.05, 0) is 65.7 Å². The molecule has 4 aromatic rings. The SMILES string of the molecule is Cc1ccc2ncn(C3CCN(c4nc(N5CCOCC5)nc5cc(OC(C)C)c(OC(C)C)cc45)CC3)c(=O)c2c1. The van der Waals surface area contributed by atoms with Gasteiger partial charge in [0, 0.05) is 43.7 Å². The highest BCUT2D eigenvalue weighted by atomic mass is 16.5. The number of nitrogens with zero attached hydrogens (tertiary/aromatic N) is 6. The Morgan fingerprint density at radius 3 is 2.21 bits per heavy atom. The predicted octanol–water partition coefficient (Wildman–Crippen LogP) is 4.90. The molecular formula is C32H40N6O4. The number of hydrogen-bond donors (Lipinski definition) is 0. The lowest BCUT2D eigenvalue weighted by Gasteiger charge is -2.35. The molecule has 2 saturated heterocycles. The molecule has 0 spiro atoms. The fraction of sp³-hybridized carbons (Fsp3) is 0.500. The molecule has 0 unspecified atom stereocenters. The van der Waals surface area contributed by atoms with E-state index in [-0.39, 0.29) is 23.8 Å². The number of ether oxygens (including phenoxy) is 3. The third-order valence-corrected chi connectivity index (χ3v) is 7.84. The van der Waals surface area contributed by atoms with Crippen molar-refractivity contribution in [1.82, 2.24) is 19.5 Å². The van der Waals surface area contributed by atoms with Crippen molar-refractivity contribution in [2.45, 2.75) is 65.7 Å². The normalized spacial score (nSPS) is 16.6. The fourth-order valence-corrected chi connectivity index (χ4v) is 5.81. The van der Waals surface area contributed by atoms with Crippen LogP contribution in [0.2, 0.25) is 0 Å². The molecule has 42 heavy (non-hydrogen) atoms. The van der Waals surface area contributed by atoms with E-state index in [4.69, 9.17) is 24.2 Å². The van der Waals surface area contributed by atoms with E-state index in [1.165, 1.54) is 0 Å². The number of piperidine rings is 1. The molecular weight excluding hydrogens is 532 g/mol. The summed E-state index contributed by atoms with van der Waals surface area (Å²) in [6.45, 7) is 14.3. The summed E-state index contributed by atoms with van der Waals surface area (Å²) < 4.78 is 19.8. The number of rotatable bonds is 7. The number of benzene rings is 2. The summed E-state index contributed by atoms with van der Waals surface area (Å²) in [5, 5.41) is 1.60. The molecule has 2 aromatic heterocycles. The molecule has 222 valence electrons. The lowest BCUT2D eigenvalue weighted by molar-refractivity contribution is 0.122. The Morgan fingerprint density at radius 1 is 0.833 bits per heavy atom. The molecule has 6 rings (SSSR count). The second-order valence-corrected chi connectivity index (χ2v) is 11.8. The van der Waals surface area contributed by atoms with Crippen LogP contribution in [0.1, 0.15) is 52.1 Å². The van der Waals surface area contributed by atoms with Gasteiger partial charge in [-0.25, -0.2) is 9.97 Å². The number of aryl methyl sites for hydroxylation is 1. The van der Waals surface area contributed by atoms with Crippen molar-refractivity contribution < 1.29 is 14.2 Å². The molecule has 0 amide bonds. The highest BCUT2D eigenvalue weighted by molar-refractivity contribution is 5.93. The van der Waals surface area contributed by atoms with Gasteiger partial charge in [-0.2, -0.15) is 4.98 Å². The minimum absolute atomic E-state index is 0.00655. The first-order chi connectivity index (χ1) is 20.3. The Kier molecular flexibility index (Phi) is 7.90. The Hall–Kier alpha value is -3.92. The third kappa shape index (κ3) is 5.72. The summed E-state index contributed by atoms with van der Waals surface area (Å²) in [7, 11) is 0. The number of fused-ring (bicyclic) bond motifs is 2. The summed E-state index contributed by atoms with van der Waals surface area (Å²) in [6, 6.07) is 9.92. The van der Waals surface area contributed by atoms with Gasteiger partial charge in [0.25, 0.3) is 5.56 Å². The van der Waals surface area contributed by atoms with Gasteiger partial charge in [0.05, 0.1) is 48.2 Å². The van der Waals surface area contributed by atoms with Gasteiger partial charge in [0.1, 0.15) is 5.82 Å². The summed E-state index contributed by atoms with van der Waals surface area (Å²) in [6.07, 6.45) is 3.31. The second-order valence-electron chi connectivity index (χ2n) is 11.8. The van der Waals surface area contributed by atoms with Crippen LogP contribution < -0.4 is 24.8 Å². The van der Waals surface area contributed by atoms with Crippen LogP contribution in [0.3, 0.4) is 0 Å². The largest absolute Gasteiger partial charge is 0.487 e. The number of anilines is 2. The minimum Gasteiger partial charge on any atom is -0.487 e. The van der Waals surface area contributed by atoms with Crippen LogP contribution >= 0.6 is 0 Å². The average molecular weight is 573 g/mol. The number of hydrogen-bond acceptors (Lipinski definition) is 9. The van der Waals surface area contributed by atoms with Gasteiger partial charge in [0.15, 0.2) is 11.5 Å². The molecule has 10 nitrogen and oxygen atoms in total. The maximum absolute atomic E-state index is 13.4. The second kappa shape index (κ2) is 11.8. The van der Waals surface area contributed by atoms with E-state index in [1.54, 1.807) is 6.33 Å². The van der Waals surface area contributed by atoms with Crippen LogP contribution in [0, 0.1) is 6.92 Å². The van der Waals surface area contributed by atoms with E-state index >= 15 is 0 Å². The summed E-state index contributed by atoms with van der Waals surface area (Å²) >= 11 is 0. The summed E-state index contributed by atoms with van der Waals surface area (Å²) in [5.41, 5.74) is 2.64. The van der Waals surface area contributed by atoms with E-state index in [1.807, 2.05) is 69.5 Å². The van der Waals surface area contributed by atoms with Crippen LogP contribution in [0.15, 0.2) is 41.5 Å². The molecule has 0 aliphatic carbocycles. The zero-order valence-corrected chi connectivity index (χ0v) is 25.2. The molecule has 4 heterocycles. The van der Waals surface area contributed by atoms with Crippen molar-refractivity contribution in [2.24, 2.45) is 0 Å². The smallest absolute Gasteiger partial charge is 0.261 e. The zero-order valence-electron chi connectivity index (χ0n) is 25.2. The average Bonchev–Trinajstić information content (AvgIpc) is 2.97. The van der Waals surface area contributed by atoms with Gasteiger partial charge in [-0.3, -0.25) is 9.36 Å². The molecule has 2 aliphatic heterocycles. The van der Waals surface area contributed by atoms with E-state index in [2.05, 4.69) is 14.8 Å². The molecule has 0 bridgehead atoms. The molecule has 0 atom stereocenters. The first kappa shape index (κ1) is 28.2. The molecule has 0 radical (unpaired) electrons. The van der Waals surface area contributed by atoms with Crippen molar-refractivity contribution in [3.8, 4) is 11.5 Å². The predicted molar refractivity (Wildman–Crippen MR) is 165 cm³/mol. The van der Waals surface area contributed by atoms with Gasteiger partial charge >= 0.3 is 0 Å². The van der Waals surface area contributed by atoms with Crippen molar-refractivity contribution in [2.75, 3.05) is 49.2 Å². The molecule has 2 aliphatic rings. The van der Waals surface area contributed by atoms with Crippen molar-refractivity contribution in [3.05, 3.63) is 52.6 Å². The molecule has 0 N–H and O–H groups in total. The Balaban J connectivity index is 1.36. The standard InChI is InChI=1S/C32H40N6O4/c1-20(2)41-28-17-24-27(18-29(28)42-21(3)4)34-32(37-12-14-40-15-13-37)35-30(24)36-10-8-23(9-11-36)38-19-33-26-7-6-22(5)16-25(26)31(38)39/h6-7,16-21,23H,8-15H2,1-5H3. The monoisotopic (exact) mass is 572 g/mol. The number of morpholine rings is 1. The van der Waals surface area contributed by atoms with Crippen LogP contribution in [0.25, 0.3) is 21.8 Å². The van der Waals surface area contributed by atoms with Gasteiger partial charge in [-0.15, -0.1) is 0 Å². The van der Waals surface area contributed by atoms with Crippen LogP contribution in [0.5, 0.6) is 11.5 Å². The first-order valence-corrected chi connectivity index (χ1v) is 15.0. The minimum atomic E-state index is -0.0117. The highest BCUT2D eigenvalue weighted by Crippen LogP contribution is 2.39. The maximum atomic E-state index is 13.4. The molecule has 10 heteroatoms. The quantitative estimate of drug-likeness (QED) is 0.306. The lowest BCUT2D eigenvalue weighted by atomic mass is 10.0. The van der Waals surface area contributed by atoms with E-state index in [0.29, 0.717) is 36.0 Å². The lowest BCUT2D eigenvalue weighted by Crippen LogP contribution is -2.39. The summed E-state index contributed by atoms with van der Waals surface area (Å²) in [5.74, 6) is 2.94.